The fraction of sp³-hybridized carbons (Fsp3) is 0.524. The summed E-state index contributed by atoms with van der Waals surface area (Å²) in [6, 6.07) is 4.38. The van der Waals surface area contributed by atoms with Gasteiger partial charge in [-0.25, -0.2) is 9.18 Å². The molecule has 2 fully saturated rings. The average Bonchev–Trinajstić information content (AvgIpc) is 3.04. The van der Waals surface area contributed by atoms with Gasteiger partial charge >= 0.3 is 5.97 Å². The van der Waals surface area contributed by atoms with E-state index in [0.717, 1.165) is 30.6 Å². The molecule has 1 saturated carbocycles. The maximum Gasteiger partial charge on any atom is 0.350 e. The third-order valence-electron chi connectivity index (χ3n) is 5.84. The Hall–Kier alpha value is -1.66. The first-order valence-electron chi connectivity index (χ1n) is 9.41. The summed E-state index contributed by atoms with van der Waals surface area (Å²) in [5.41, 5.74) is 0.341. The van der Waals surface area contributed by atoms with E-state index >= 15 is 0 Å². The zero-order valence-electron chi connectivity index (χ0n) is 16.2. The number of thiophene rings is 1. The van der Waals surface area contributed by atoms with Crippen molar-refractivity contribution in [3.05, 3.63) is 33.9 Å². The van der Waals surface area contributed by atoms with Gasteiger partial charge in [0.1, 0.15) is 10.7 Å². The number of nitrogens with zero attached hydrogens (tertiary/aromatic N) is 1. The molecule has 1 aromatic carbocycles. The van der Waals surface area contributed by atoms with Crippen LogP contribution in [0.25, 0.3) is 10.1 Å². The Kier molecular flexibility index (Phi) is 4.70. The van der Waals surface area contributed by atoms with Crippen LogP contribution in [0.5, 0.6) is 0 Å². The number of amides is 1. The van der Waals surface area contributed by atoms with Crippen LogP contribution in [0.15, 0.2) is 18.2 Å². The Bertz CT molecular complexity index is 972. The van der Waals surface area contributed by atoms with E-state index in [0.29, 0.717) is 16.6 Å². The van der Waals surface area contributed by atoms with Crippen LogP contribution >= 0.6 is 22.9 Å². The van der Waals surface area contributed by atoms with Crippen molar-refractivity contribution in [2.24, 2.45) is 10.8 Å². The number of esters is 1. The van der Waals surface area contributed by atoms with Gasteiger partial charge in [0.15, 0.2) is 6.61 Å². The summed E-state index contributed by atoms with van der Waals surface area (Å²) >= 11 is 7.33. The molecule has 1 aliphatic carbocycles. The minimum Gasteiger partial charge on any atom is -0.451 e. The van der Waals surface area contributed by atoms with Gasteiger partial charge in [0, 0.05) is 22.7 Å². The van der Waals surface area contributed by atoms with Gasteiger partial charge in [-0.2, -0.15) is 0 Å². The topological polar surface area (TPSA) is 46.6 Å². The van der Waals surface area contributed by atoms with E-state index < -0.39 is 11.8 Å². The number of likely N-dealkylation sites (tertiary alicyclic amines) is 1. The highest BCUT2D eigenvalue weighted by molar-refractivity contribution is 7.21. The van der Waals surface area contributed by atoms with Crippen molar-refractivity contribution in [3.63, 3.8) is 0 Å². The minimum absolute atomic E-state index is 0.130. The predicted octanol–water partition coefficient (Wildman–Crippen LogP) is 5.28. The molecule has 0 N–H and O–H groups in total. The molecule has 28 heavy (non-hydrogen) atoms. The lowest BCUT2D eigenvalue weighted by atomic mass is 9.65. The zero-order chi connectivity index (χ0) is 20.3. The van der Waals surface area contributed by atoms with Crippen LogP contribution in [0.4, 0.5) is 4.39 Å². The second-order valence-electron chi connectivity index (χ2n) is 9.20. The van der Waals surface area contributed by atoms with E-state index in [-0.39, 0.29) is 39.3 Å². The smallest absolute Gasteiger partial charge is 0.350 e. The standard InChI is InChI=1S/C21H23ClFNO3S/c1-20(2)7-13-8-21(3,10-20)11-24(13)16(25)9-27-19(26)18-17(22)14-5-4-12(23)6-15(14)28-18/h4-6,13H,7-11H2,1-3H3/t13-,21-/m0/s1. The van der Waals surface area contributed by atoms with Crippen molar-refractivity contribution < 1.29 is 18.7 Å². The number of carbonyl (C=O) groups excluding carboxylic acids is 2. The van der Waals surface area contributed by atoms with Crippen LogP contribution in [0.2, 0.25) is 5.02 Å². The van der Waals surface area contributed by atoms with Crippen LogP contribution in [-0.2, 0) is 9.53 Å². The molecule has 150 valence electrons. The molecule has 0 spiro atoms. The number of fused-ring (bicyclic) bond motifs is 3. The molecule has 0 radical (unpaired) electrons. The fourth-order valence-electron chi connectivity index (χ4n) is 5.20. The molecule has 7 heteroatoms. The zero-order valence-corrected chi connectivity index (χ0v) is 17.8. The molecule has 4 rings (SSSR count). The van der Waals surface area contributed by atoms with Gasteiger partial charge in [0.25, 0.3) is 5.91 Å². The normalized spacial score (nSPS) is 25.9. The van der Waals surface area contributed by atoms with Crippen LogP contribution in [0.3, 0.4) is 0 Å². The van der Waals surface area contributed by atoms with Crippen LogP contribution in [0.1, 0.15) is 49.7 Å². The first-order chi connectivity index (χ1) is 13.1. The molecule has 2 aromatic rings. The molecule has 1 aliphatic heterocycles. The summed E-state index contributed by atoms with van der Waals surface area (Å²) in [5.74, 6) is -1.20. The Labute approximate surface area is 172 Å². The molecule has 2 aliphatic rings. The Morgan fingerprint density at radius 1 is 1.32 bits per heavy atom. The lowest BCUT2D eigenvalue weighted by Crippen LogP contribution is -2.39. The van der Waals surface area contributed by atoms with Gasteiger partial charge in [-0.1, -0.05) is 32.4 Å². The van der Waals surface area contributed by atoms with Crippen molar-refractivity contribution in [3.8, 4) is 0 Å². The van der Waals surface area contributed by atoms with Crippen molar-refractivity contribution in [1.29, 1.82) is 0 Å². The van der Waals surface area contributed by atoms with E-state index in [1.165, 1.54) is 12.1 Å². The van der Waals surface area contributed by atoms with Gasteiger partial charge in [-0.15, -0.1) is 11.3 Å². The van der Waals surface area contributed by atoms with Gasteiger partial charge in [-0.05, 0) is 48.3 Å². The summed E-state index contributed by atoms with van der Waals surface area (Å²) in [7, 11) is 0. The maximum absolute atomic E-state index is 13.4. The molecule has 2 atom stereocenters. The van der Waals surface area contributed by atoms with Gasteiger partial charge in [0.05, 0.1) is 5.02 Å². The molecule has 1 saturated heterocycles. The van der Waals surface area contributed by atoms with Crippen LogP contribution < -0.4 is 0 Å². The van der Waals surface area contributed by atoms with Gasteiger partial charge in [-0.3, -0.25) is 4.79 Å². The molecule has 2 bridgehead atoms. The van der Waals surface area contributed by atoms with Crippen LogP contribution in [0, 0.1) is 16.6 Å². The molecule has 0 unspecified atom stereocenters. The monoisotopic (exact) mass is 423 g/mol. The number of halogens is 2. The lowest BCUT2D eigenvalue weighted by molar-refractivity contribution is -0.135. The number of benzene rings is 1. The van der Waals surface area contributed by atoms with E-state index in [1.807, 2.05) is 4.90 Å². The fourth-order valence-corrected chi connectivity index (χ4v) is 6.62. The molecular formula is C21H23ClFNO3S. The Morgan fingerprint density at radius 2 is 2.07 bits per heavy atom. The molecular weight excluding hydrogens is 401 g/mol. The number of carbonyl (C=O) groups is 2. The highest BCUT2D eigenvalue weighted by atomic mass is 35.5. The third kappa shape index (κ3) is 3.52. The average molecular weight is 424 g/mol. The first-order valence-corrected chi connectivity index (χ1v) is 10.6. The van der Waals surface area contributed by atoms with Crippen molar-refractivity contribution in [2.45, 2.75) is 46.1 Å². The molecule has 1 aromatic heterocycles. The lowest BCUT2D eigenvalue weighted by Gasteiger charge is -2.39. The highest BCUT2D eigenvalue weighted by Crippen LogP contribution is 2.52. The third-order valence-corrected chi connectivity index (χ3v) is 7.48. The van der Waals surface area contributed by atoms with E-state index in [9.17, 15) is 14.0 Å². The predicted molar refractivity (Wildman–Crippen MR) is 108 cm³/mol. The molecule has 2 heterocycles. The quantitative estimate of drug-likeness (QED) is 0.631. The minimum atomic E-state index is -0.645. The summed E-state index contributed by atoms with van der Waals surface area (Å²) in [4.78, 5) is 27.3. The Balaban J connectivity index is 1.44. The molecule has 1 amide bonds. The second kappa shape index (κ2) is 6.70. The van der Waals surface area contributed by atoms with E-state index in [2.05, 4.69) is 20.8 Å². The summed E-state index contributed by atoms with van der Waals surface area (Å²) in [5, 5.41) is 0.846. The van der Waals surface area contributed by atoms with Gasteiger partial charge in [0.2, 0.25) is 0 Å². The van der Waals surface area contributed by atoms with Crippen LogP contribution in [-0.4, -0.2) is 36.0 Å². The highest BCUT2D eigenvalue weighted by Gasteiger charge is 2.50. The SMILES string of the molecule is CC1(C)C[C@H]2C[C@](C)(CN2C(=O)COC(=O)c2sc3cc(F)ccc3c2Cl)C1. The van der Waals surface area contributed by atoms with Crippen molar-refractivity contribution in [1.82, 2.24) is 4.90 Å². The summed E-state index contributed by atoms with van der Waals surface area (Å²) < 4.78 is 19.2. The van der Waals surface area contributed by atoms with Crippen molar-refractivity contribution >= 4 is 44.9 Å². The number of rotatable bonds is 3. The maximum atomic E-state index is 13.4. The summed E-state index contributed by atoms with van der Waals surface area (Å²) in [6.07, 6.45) is 3.06. The van der Waals surface area contributed by atoms with Crippen molar-refractivity contribution in [2.75, 3.05) is 13.2 Å². The number of hydrogen-bond donors (Lipinski definition) is 0. The van der Waals surface area contributed by atoms with E-state index in [4.69, 9.17) is 16.3 Å². The Morgan fingerprint density at radius 3 is 2.82 bits per heavy atom. The number of hydrogen-bond acceptors (Lipinski definition) is 4. The largest absolute Gasteiger partial charge is 0.451 e. The van der Waals surface area contributed by atoms with Gasteiger partial charge < -0.3 is 9.64 Å². The number of ether oxygens (including phenoxy) is 1. The van der Waals surface area contributed by atoms with E-state index in [1.54, 1.807) is 6.07 Å². The first kappa shape index (κ1) is 19.6. The molecule has 4 nitrogen and oxygen atoms in total. The summed E-state index contributed by atoms with van der Waals surface area (Å²) in [6.45, 7) is 7.14. The second-order valence-corrected chi connectivity index (χ2v) is 10.6.